The van der Waals surface area contributed by atoms with Crippen molar-refractivity contribution < 1.29 is 28.2 Å². The van der Waals surface area contributed by atoms with Crippen LogP contribution in [0.15, 0.2) is 48.5 Å². The molecule has 0 bridgehead atoms. The maximum absolute atomic E-state index is 12.9. The predicted molar refractivity (Wildman–Crippen MR) is 102 cm³/mol. The lowest BCUT2D eigenvalue weighted by Crippen LogP contribution is -2.36. The van der Waals surface area contributed by atoms with Crippen molar-refractivity contribution in [2.45, 2.75) is 32.9 Å². The Morgan fingerprint density at radius 2 is 1.68 bits per heavy atom. The SMILES string of the molecule is CCCOc1ccccc1OCC(=O)O[C@@H](C)C(=O)NCc1ccc(F)cc1. The first kappa shape index (κ1) is 21.2. The summed E-state index contributed by atoms with van der Waals surface area (Å²) >= 11 is 0. The number of hydrogen-bond donors (Lipinski definition) is 1. The van der Waals surface area contributed by atoms with E-state index in [1.54, 1.807) is 30.3 Å². The van der Waals surface area contributed by atoms with Crippen molar-refractivity contribution in [3.8, 4) is 11.5 Å². The first-order valence-corrected chi connectivity index (χ1v) is 9.06. The fourth-order valence-electron chi connectivity index (χ4n) is 2.26. The molecule has 1 amide bonds. The fraction of sp³-hybridized carbons (Fsp3) is 0.333. The number of halogens is 1. The molecule has 150 valence electrons. The first-order valence-electron chi connectivity index (χ1n) is 9.06. The normalized spacial score (nSPS) is 11.4. The van der Waals surface area contributed by atoms with Crippen molar-refractivity contribution in [2.24, 2.45) is 0 Å². The third-order valence-corrected chi connectivity index (χ3v) is 3.71. The number of esters is 1. The largest absolute Gasteiger partial charge is 0.490 e. The van der Waals surface area contributed by atoms with E-state index in [1.165, 1.54) is 19.1 Å². The van der Waals surface area contributed by atoms with Gasteiger partial charge in [-0.2, -0.15) is 0 Å². The Bertz CT molecular complexity index is 779. The molecule has 2 aromatic rings. The van der Waals surface area contributed by atoms with Crippen molar-refractivity contribution in [1.82, 2.24) is 5.32 Å². The van der Waals surface area contributed by atoms with Gasteiger partial charge in [-0.15, -0.1) is 0 Å². The van der Waals surface area contributed by atoms with Crippen molar-refractivity contribution in [3.63, 3.8) is 0 Å². The molecule has 7 heteroatoms. The van der Waals surface area contributed by atoms with Gasteiger partial charge in [0.15, 0.2) is 24.2 Å². The highest BCUT2D eigenvalue weighted by Crippen LogP contribution is 2.26. The number of rotatable bonds is 10. The quantitative estimate of drug-likeness (QED) is 0.632. The molecule has 0 unspecified atom stereocenters. The number of ether oxygens (including phenoxy) is 3. The van der Waals surface area contributed by atoms with Crippen molar-refractivity contribution >= 4 is 11.9 Å². The third-order valence-electron chi connectivity index (χ3n) is 3.71. The van der Waals surface area contributed by atoms with Crippen LogP contribution in [0.2, 0.25) is 0 Å². The molecule has 0 aliphatic heterocycles. The maximum Gasteiger partial charge on any atom is 0.344 e. The Morgan fingerprint density at radius 3 is 2.32 bits per heavy atom. The molecule has 28 heavy (non-hydrogen) atoms. The molecule has 0 aromatic heterocycles. The van der Waals surface area contributed by atoms with Crippen LogP contribution >= 0.6 is 0 Å². The zero-order valence-electron chi connectivity index (χ0n) is 15.9. The minimum atomic E-state index is -0.983. The number of carbonyl (C=O) groups is 2. The van der Waals surface area contributed by atoms with Crippen LogP contribution in [0, 0.1) is 5.82 Å². The number of nitrogens with one attached hydrogen (secondary N) is 1. The second-order valence-electron chi connectivity index (χ2n) is 6.06. The van der Waals surface area contributed by atoms with Crippen LogP contribution in [0.4, 0.5) is 4.39 Å². The molecule has 1 atom stereocenters. The van der Waals surface area contributed by atoms with Gasteiger partial charge in [-0.25, -0.2) is 9.18 Å². The third kappa shape index (κ3) is 6.90. The molecule has 6 nitrogen and oxygen atoms in total. The van der Waals surface area contributed by atoms with Crippen molar-refractivity contribution in [2.75, 3.05) is 13.2 Å². The van der Waals surface area contributed by atoms with Gasteiger partial charge in [0.05, 0.1) is 6.61 Å². The molecule has 0 aliphatic carbocycles. The predicted octanol–water partition coefficient (Wildman–Crippen LogP) is 3.24. The molecule has 0 aliphatic rings. The summed E-state index contributed by atoms with van der Waals surface area (Å²) in [5.74, 6) is -0.498. The number of hydrogen-bond acceptors (Lipinski definition) is 5. The standard InChI is InChI=1S/C21H24FNO5/c1-3-12-26-18-6-4-5-7-19(18)27-14-20(24)28-15(2)21(25)23-13-16-8-10-17(22)11-9-16/h4-11,15H,3,12-14H2,1-2H3,(H,23,25)/t15-/m0/s1. The van der Waals surface area contributed by atoms with Crippen LogP contribution in [0.5, 0.6) is 11.5 Å². The van der Waals surface area contributed by atoms with E-state index in [-0.39, 0.29) is 19.0 Å². The number of carbonyl (C=O) groups excluding carboxylic acids is 2. The van der Waals surface area contributed by atoms with E-state index in [2.05, 4.69) is 5.32 Å². The lowest BCUT2D eigenvalue weighted by atomic mass is 10.2. The Hall–Kier alpha value is -3.09. The van der Waals surface area contributed by atoms with Crippen LogP contribution in [0.1, 0.15) is 25.8 Å². The molecule has 2 rings (SSSR count). The Morgan fingerprint density at radius 1 is 1.04 bits per heavy atom. The molecule has 0 saturated carbocycles. The van der Waals surface area contributed by atoms with Gasteiger partial charge in [0.2, 0.25) is 0 Å². The first-order chi connectivity index (χ1) is 13.5. The highest BCUT2D eigenvalue weighted by Gasteiger charge is 2.18. The molecule has 0 heterocycles. The summed E-state index contributed by atoms with van der Waals surface area (Å²) in [7, 11) is 0. The van der Waals surface area contributed by atoms with E-state index in [9.17, 15) is 14.0 Å². The molecular formula is C21H24FNO5. The maximum atomic E-state index is 12.9. The summed E-state index contributed by atoms with van der Waals surface area (Å²) in [5, 5.41) is 2.63. The molecule has 0 spiro atoms. The van der Waals surface area contributed by atoms with Gasteiger partial charge < -0.3 is 19.5 Å². The van der Waals surface area contributed by atoms with E-state index < -0.39 is 18.0 Å². The minimum Gasteiger partial charge on any atom is -0.490 e. The van der Waals surface area contributed by atoms with Crippen LogP contribution in [-0.4, -0.2) is 31.2 Å². The lowest BCUT2D eigenvalue weighted by Gasteiger charge is -2.15. The number of amides is 1. The zero-order chi connectivity index (χ0) is 20.4. The van der Waals surface area contributed by atoms with Gasteiger partial charge >= 0.3 is 5.97 Å². The monoisotopic (exact) mass is 389 g/mol. The average molecular weight is 389 g/mol. The summed E-state index contributed by atoms with van der Waals surface area (Å²) in [6, 6.07) is 12.8. The summed E-state index contributed by atoms with van der Waals surface area (Å²) in [6.45, 7) is 3.86. The van der Waals surface area contributed by atoms with Crippen LogP contribution in [0.25, 0.3) is 0 Å². The lowest BCUT2D eigenvalue weighted by molar-refractivity contribution is -0.156. The smallest absolute Gasteiger partial charge is 0.344 e. The van der Waals surface area contributed by atoms with Crippen LogP contribution in [-0.2, 0) is 20.9 Å². The molecular weight excluding hydrogens is 365 g/mol. The average Bonchev–Trinajstić information content (AvgIpc) is 2.70. The van der Waals surface area contributed by atoms with E-state index in [1.807, 2.05) is 13.0 Å². The number of para-hydroxylation sites is 2. The summed E-state index contributed by atoms with van der Waals surface area (Å²) in [5.41, 5.74) is 0.736. The molecule has 2 aromatic carbocycles. The minimum absolute atomic E-state index is 0.208. The van der Waals surface area contributed by atoms with Crippen LogP contribution < -0.4 is 14.8 Å². The summed E-state index contributed by atoms with van der Waals surface area (Å²) in [4.78, 5) is 24.0. The van der Waals surface area contributed by atoms with Crippen molar-refractivity contribution in [1.29, 1.82) is 0 Å². The second-order valence-corrected chi connectivity index (χ2v) is 6.06. The van der Waals surface area contributed by atoms with Gasteiger partial charge in [0.25, 0.3) is 5.91 Å². The van der Waals surface area contributed by atoms with Crippen molar-refractivity contribution in [3.05, 3.63) is 59.9 Å². The Kier molecular flexibility index (Phi) is 8.27. The van der Waals surface area contributed by atoms with Crippen LogP contribution in [0.3, 0.4) is 0 Å². The van der Waals surface area contributed by atoms with Gasteiger partial charge in [-0.05, 0) is 43.2 Å². The molecule has 1 N–H and O–H groups in total. The van der Waals surface area contributed by atoms with Gasteiger partial charge in [0.1, 0.15) is 5.82 Å². The highest BCUT2D eigenvalue weighted by molar-refractivity contribution is 5.83. The van der Waals surface area contributed by atoms with E-state index in [0.29, 0.717) is 18.1 Å². The van der Waals surface area contributed by atoms with Gasteiger partial charge in [-0.3, -0.25) is 4.79 Å². The van der Waals surface area contributed by atoms with Gasteiger partial charge in [0, 0.05) is 6.54 Å². The summed E-state index contributed by atoms with van der Waals surface area (Å²) < 4.78 is 29.0. The second kappa shape index (κ2) is 10.9. The van der Waals surface area contributed by atoms with Gasteiger partial charge in [-0.1, -0.05) is 31.2 Å². The zero-order valence-corrected chi connectivity index (χ0v) is 15.9. The summed E-state index contributed by atoms with van der Waals surface area (Å²) in [6.07, 6.45) is -0.135. The molecule has 0 saturated heterocycles. The topological polar surface area (TPSA) is 73.9 Å². The van der Waals surface area contributed by atoms with E-state index in [4.69, 9.17) is 14.2 Å². The van der Waals surface area contributed by atoms with E-state index >= 15 is 0 Å². The Balaban J connectivity index is 1.77. The number of benzene rings is 2. The van der Waals surface area contributed by atoms with E-state index in [0.717, 1.165) is 12.0 Å². The highest BCUT2D eigenvalue weighted by atomic mass is 19.1. The molecule has 0 fully saturated rings. The fourth-order valence-corrected chi connectivity index (χ4v) is 2.26. The molecule has 0 radical (unpaired) electrons. The Labute approximate surface area is 163 Å².